The molecule has 2 N–H and O–H groups in total. The molecule has 0 aromatic carbocycles. The van der Waals surface area contributed by atoms with Crippen molar-refractivity contribution in [2.24, 2.45) is 0 Å². The summed E-state index contributed by atoms with van der Waals surface area (Å²) in [5.74, 6) is 0.843. The van der Waals surface area contributed by atoms with Crippen LogP contribution in [0, 0.1) is 0 Å². The van der Waals surface area contributed by atoms with Crippen LogP contribution in [0.4, 0.5) is 0 Å². The molecule has 4 heteroatoms. The Kier molecular flexibility index (Phi) is 1.17. The number of hydrogen-bond donors (Lipinski definition) is 2. The van der Waals surface area contributed by atoms with Gasteiger partial charge < -0.3 is 4.98 Å². The van der Waals surface area contributed by atoms with E-state index in [-0.39, 0.29) is 11.2 Å². The van der Waals surface area contributed by atoms with Gasteiger partial charge in [-0.15, -0.1) is 0 Å². The third-order valence-corrected chi connectivity index (χ3v) is 3.26. The van der Waals surface area contributed by atoms with Crippen LogP contribution in [0.3, 0.4) is 0 Å². The Bertz CT molecular complexity index is 471. The molecule has 2 aliphatic rings. The fraction of sp³-hybridized carbons (Fsp3) is 0.556. The van der Waals surface area contributed by atoms with Crippen LogP contribution >= 0.6 is 0 Å². The maximum Gasteiger partial charge on any atom is 0.325 e. The summed E-state index contributed by atoms with van der Waals surface area (Å²) in [6.45, 7) is 0. The van der Waals surface area contributed by atoms with Crippen LogP contribution in [0.25, 0.3) is 0 Å². The summed E-state index contributed by atoms with van der Waals surface area (Å²) in [6.07, 6.45) is 3.28. The highest BCUT2D eigenvalue weighted by Gasteiger charge is 2.39. The Morgan fingerprint density at radius 2 is 1.85 bits per heavy atom. The van der Waals surface area contributed by atoms with Crippen molar-refractivity contribution >= 4 is 0 Å². The third-order valence-electron chi connectivity index (χ3n) is 3.26. The van der Waals surface area contributed by atoms with Gasteiger partial charge in [0.15, 0.2) is 0 Å². The highest BCUT2D eigenvalue weighted by molar-refractivity contribution is 5.33. The van der Waals surface area contributed by atoms with Gasteiger partial charge >= 0.3 is 5.69 Å². The molecule has 2 atom stereocenters. The number of nitrogens with one attached hydrogen (secondary N) is 2. The second-order valence-electron chi connectivity index (χ2n) is 3.94. The molecule has 1 saturated carbocycles. The van der Waals surface area contributed by atoms with Crippen LogP contribution in [0.2, 0.25) is 0 Å². The van der Waals surface area contributed by atoms with Gasteiger partial charge in [-0.2, -0.15) is 0 Å². The molecular weight excluding hydrogens is 168 g/mol. The second kappa shape index (κ2) is 2.13. The normalized spacial score (nSPS) is 29.2. The molecule has 3 rings (SSSR count). The van der Waals surface area contributed by atoms with Crippen LogP contribution in [0.1, 0.15) is 42.4 Å². The van der Waals surface area contributed by atoms with Crippen molar-refractivity contribution in [1.82, 2.24) is 9.97 Å². The van der Waals surface area contributed by atoms with E-state index in [1.807, 2.05) is 0 Å². The Balaban J connectivity index is 2.38. The summed E-state index contributed by atoms with van der Waals surface area (Å²) in [4.78, 5) is 27.5. The smallest absolute Gasteiger partial charge is 0.311 e. The molecule has 0 spiro atoms. The van der Waals surface area contributed by atoms with E-state index in [0.717, 1.165) is 30.5 Å². The number of H-pyrrole nitrogens is 2. The van der Waals surface area contributed by atoms with E-state index in [1.165, 1.54) is 0 Å². The minimum absolute atomic E-state index is 0.175. The molecule has 13 heavy (non-hydrogen) atoms. The molecule has 0 amide bonds. The molecule has 0 saturated heterocycles. The zero-order valence-corrected chi connectivity index (χ0v) is 7.09. The van der Waals surface area contributed by atoms with Gasteiger partial charge in [0.05, 0.1) is 0 Å². The summed E-state index contributed by atoms with van der Waals surface area (Å²) in [5.41, 5.74) is 1.21. The maximum atomic E-state index is 11.4. The predicted molar refractivity (Wildman–Crippen MR) is 47.0 cm³/mol. The lowest BCUT2D eigenvalue weighted by atomic mass is 9.97. The van der Waals surface area contributed by atoms with Gasteiger partial charge in [0, 0.05) is 17.2 Å². The molecule has 0 radical (unpaired) electrons. The minimum atomic E-state index is -0.365. The van der Waals surface area contributed by atoms with Crippen molar-refractivity contribution in [1.29, 1.82) is 0 Å². The number of hydrogen-bond acceptors (Lipinski definition) is 2. The van der Waals surface area contributed by atoms with Gasteiger partial charge in [-0.05, 0) is 25.2 Å². The molecule has 0 aliphatic heterocycles. The first-order valence-electron chi connectivity index (χ1n) is 4.62. The largest absolute Gasteiger partial charge is 0.325 e. The van der Waals surface area contributed by atoms with E-state index in [1.54, 1.807) is 0 Å². The van der Waals surface area contributed by atoms with Crippen molar-refractivity contribution in [2.45, 2.75) is 31.1 Å². The molecule has 68 valence electrons. The monoisotopic (exact) mass is 178 g/mol. The first kappa shape index (κ1) is 7.12. The molecule has 1 aromatic heterocycles. The number of rotatable bonds is 0. The van der Waals surface area contributed by atoms with Crippen molar-refractivity contribution in [3.05, 3.63) is 32.1 Å². The van der Waals surface area contributed by atoms with Gasteiger partial charge in [-0.3, -0.25) is 9.78 Å². The highest BCUT2D eigenvalue weighted by Crippen LogP contribution is 2.50. The minimum Gasteiger partial charge on any atom is -0.311 e. The highest BCUT2D eigenvalue weighted by atomic mass is 16.2. The average molecular weight is 178 g/mol. The third kappa shape index (κ3) is 0.802. The number of aromatic amines is 2. The van der Waals surface area contributed by atoms with E-state index >= 15 is 0 Å². The quantitative estimate of drug-likeness (QED) is 0.605. The molecule has 1 heterocycles. The van der Waals surface area contributed by atoms with Gasteiger partial charge in [-0.25, -0.2) is 4.79 Å². The lowest BCUT2D eigenvalue weighted by molar-refractivity contribution is 0.679. The molecule has 1 fully saturated rings. The predicted octanol–water partition coefficient (Wildman–Crippen LogP) is 0.428. The van der Waals surface area contributed by atoms with Crippen molar-refractivity contribution in [2.75, 3.05) is 0 Å². The Hall–Kier alpha value is -1.32. The first-order valence-corrected chi connectivity index (χ1v) is 4.62. The standard InChI is InChI=1S/C9H10N2O2/c12-8-6-4-1-2-5(3-4)7(6)10-9(13)11-8/h4-5H,1-3H2,(H2,10,11,12,13). The van der Waals surface area contributed by atoms with E-state index in [2.05, 4.69) is 9.97 Å². The number of aromatic nitrogens is 2. The lowest BCUT2D eigenvalue weighted by Crippen LogP contribution is -2.28. The molecule has 2 aliphatic carbocycles. The molecule has 2 unspecified atom stereocenters. The zero-order chi connectivity index (χ0) is 9.00. The van der Waals surface area contributed by atoms with Crippen LogP contribution < -0.4 is 11.2 Å². The van der Waals surface area contributed by atoms with Crippen LogP contribution in [-0.4, -0.2) is 9.97 Å². The maximum absolute atomic E-state index is 11.4. The number of fused-ring (bicyclic) bond motifs is 5. The van der Waals surface area contributed by atoms with Crippen molar-refractivity contribution < 1.29 is 0 Å². The summed E-state index contributed by atoms with van der Waals surface area (Å²) in [6, 6.07) is 0. The molecule has 4 nitrogen and oxygen atoms in total. The zero-order valence-electron chi connectivity index (χ0n) is 7.09. The second-order valence-corrected chi connectivity index (χ2v) is 3.94. The Morgan fingerprint density at radius 3 is 2.69 bits per heavy atom. The summed E-state index contributed by atoms with van der Waals surface area (Å²) in [7, 11) is 0. The van der Waals surface area contributed by atoms with Gasteiger partial charge in [0.2, 0.25) is 0 Å². The van der Waals surface area contributed by atoms with Gasteiger partial charge in [-0.1, -0.05) is 0 Å². The van der Waals surface area contributed by atoms with Crippen molar-refractivity contribution in [3.63, 3.8) is 0 Å². The molecular formula is C9H10N2O2. The van der Waals surface area contributed by atoms with E-state index in [0.29, 0.717) is 11.8 Å². The molecule has 2 bridgehead atoms. The van der Waals surface area contributed by atoms with E-state index < -0.39 is 0 Å². The van der Waals surface area contributed by atoms with Crippen LogP contribution in [0.15, 0.2) is 9.59 Å². The topological polar surface area (TPSA) is 65.7 Å². The summed E-state index contributed by atoms with van der Waals surface area (Å²) < 4.78 is 0. The SMILES string of the molecule is O=c1[nH]c2c(c(=O)[nH]1)C1CCC2C1. The van der Waals surface area contributed by atoms with Gasteiger partial charge in [0.25, 0.3) is 5.56 Å². The Labute approximate surface area is 74.0 Å². The van der Waals surface area contributed by atoms with Crippen LogP contribution in [-0.2, 0) is 0 Å². The van der Waals surface area contributed by atoms with Crippen LogP contribution in [0.5, 0.6) is 0 Å². The van der Waals surface area contributed by atoms with Gasteiger partial charge in [0.1, 0.15) is 0 Å². The Morgan fingerprint density at radius 1 is 1.08 bits per heavy atom. The van der Waals surface area contributed by atoms with E-state index in [9.17, 15) is 9.59 Å². The molecule has 1 aromatic rings. The fourth-order valence-electron chi connectivity index (χ4n) is 2.75. The average Bonchev–Trinajstić information content (AvgIpc) is 2.62. The lowest BCUT2D eigenvalue weighted by Gasteiger charge is -2.11. The summed E-state index contributed by atoms with van der Waals surface area (Å²) >= 11 is 0. The fourth-order valence-corrected chi connectivity index (χ4v) is 2.75. The first-order chi connectivity index (χ1) is 6.25. The van der Waals surface area contributed by atoms with E-state index in [4.69, 9.17) is 0 Å². The van der Waals surface area contributed by atoms with Crippen molar-refractivity contribution in [3.8, 4) is 0 Å². The summed E-state index contributed by atoms with van der Waals surface area (Å²) in [5, 5.41) is 0.